The molecular formula is C15H24N2OS. The van der Waals surface area contributed by atoms with Gasteiger partial charge in [-0.1, -0.05) is 24.4 Å². The lowest BCUT2D eigenvalue weighted by Crippen LogP contribution is -2.35. The molecule has 4 heteroatoms. The molecule has 0 fully saturated rings. The molecule has 0 radical (unpaired) electrons. The van der Waals surface area contributed by atoms with Crippen molar-refractivity contribution in [3.8, 4) is 5.75 Å². The van der Waals surface area contributed by atoms with E-state index in [9.17, 15) is 0 Å². The van der Waals surface area contributed by atoms with Crippen molar-refractivity contribution in [3.63, 3.8) is 0 Å². The Morgan fingerprint density at radius 3 is 2.37 bits per heavy atom. The molecule has 1 rings (SSSR count). The third-order valence-corrected chi connectivity index (χ3v) is 3.43. The lowest BCUT2D eigenvalue weighted by molar-refractivity contribution is 0.231. The first-order valence-corrected chi connectivity index (χ1v) is 7.09. The van der Waals surface area contributed by atoms with E-state index in [0.29, 0.717) is 11.0 Å². The van der Waals surface area contributed by atoms with Gasteiger partial charge in [-0.05, 0) is 38.0 Å². The predicted molar refractivity (Wildman–Crippen MR) is 84.8 cm³/mol. The number of nitrogens with two attached hydrogens (primary N) is 1. The molecule has 0 amide bonds. The summed E-state index contributed by atoms with van der Waals surface area (Å²) in [6.07, 6.45) is 1.82. The summed E-state index contributed by atoms with van der Waals surface area (Å²) in [5, 5.41) is 0. The SMILES string of the molecule is COc1ccc(CCN(CCC(N)=S)C(C)C)cc1. The van der Waals surface area contributed by atoms with Gasteiger partial charge in [0.2, 0.25) is 0 Å². The highest BCUT2D eigenvalue weighted by molar-refractivity contribution is 7.80. The normalized spacial score (nSPS) is 11.0. The van der Waals surface area contributed by atoms with E-state index in [1.54, 1.807) is 7.11 Å². The van der Waals surface area contributed by atoms with E-state index in [2.05, 4.69) is 30.9 Å². The van der Waals surface area contributed by atoms with E-state index in [1.165, 1.54) is 5.56 Å². The van der Waals surface area contributed by atoms with Crippen molar-refractivity contribution < 1.29 is 4.74 Å². The van der Waals surface area contributed by atoms with Crippen LogP contribution in [0.25, 0.3) is 0 Å². The number of hydrogen-bond donors (Lipinski definition) is 1. The Balaban J connectivity index is 2.48. The molecule has 2 N–H and O–H groups in total. The first-order chi connectivity index (χ1) is 9.02. The summed E-state index contributed by atoms with van der Waals surface area (Å²) < 4.78 is 5.16. The van der Waals surface area contributed by atoms with E-state index in [-0.39, 0.29) is 0 Å². The van der Waals surface area contributed by atoms with Gasteiger partial charge in [-0.2, -0.15) is 0 Å². The van der Waals surface area contributed by atoms with Crippen molar-refractivity contribution in [2.45, 2.75) is 32.7 Å². The molecule has 0 bridgehead atoms. The maximum Gasteiger partial charge on any atom is 0.118 e. The highest BCUT2D eigenvalue weighted by Crippen LogP contribution is 2.12. The van der Waals surface area contributed by atoms with Gasteiger partial charge in [-0.25, -0.2) is 0 Å². The largest absolute Gasteiger partial charge is 0.497 e. The minimum Gasteiger partial charge on any atom is -0.497 e. The number of thiocarbonyl (C=S) groups is 1. The van der Waals surface area contributed by atoms with Crippen LogP contribution in [0.5, 0.6) is 5.75 Å². The molecule has 0 heterocycles. The molecule has 0 spiro atoms. The molecule has 0 saturated heterocycles. The molecular weight excluding hydrogens is 256 g/mol. The molecule has 0 aliphatic heterocycles. The Labute approximate surface area is 121 Å². The summed E-state index contributed by atoms with van der Waals surface area (Å²) in [5.74, 6) is 0.901. The third-order valence-electron chi connectivity index (χ3n) is 3.22. The molecule has 19 heavy (non-hydrogen) atoms. The van der Waals surface area contributed by atoms with Crippen LogP contribution in [0.2, 0.25) is 0 Å². The minimum absolute atomic E-state index is 0.507. The van der Waals surface area contributed by atoms with Gasteiger partial charge in [0, 0.05) is 25.6 Å². The molecule has 106 valence electrons. The minimum atomic E-state index is 0.507. The predicted octanol–water partition coefficient (Wildman–Crippen LogP) is 2.62. The van der Waals surface area contributed by atoms with E-state index in [1.807, 2.05) is 12.1 Å². The van der Waals surface area contributed by atoms with Crippen LogP contribution in [-0.4, -0.2) is 36.1 Å². The van der Waals surface area contributed by atoms with Crippen LogP contribution in [0.15, 0.2) is 24.3 Å². The van der Waals surface area contributed by atoms with Crippen LogP contribution in [0.3, 0.4) is 0 Å². The van der Waals surface area contributed by atoms with Crippen molar-refractivity contribution in [2.24, 2.45) is 5.73 Å². The average Bonchev–Trinajstić information content (AvgIpc) is 2.38. The highest BCUT2D eigenvalue weighted by atomic mass is 32.1. The molecule has 0 aromatic heterocycles. The summed E-state index contributed by atoms with van der Waals surface area (Å²) in [6.45, 7) is 6.36. The van der Waals surface area contributed by atoms with Crippen molar-refractivity contribution in [2.75, 3.05) is 20.2 Å². The number of ether oxygens (including phenoxy) is 1. The third kappa shape index (κ3) is 6.03. The first kappa shape index (κ1) is 15.9. The Morgan fingerprint density at radius 2 is 1.89 bits per heavy atom. The number of methoxy groups -OCH3 is 1. The average molecular weight is 280 g/mol. The van der Waals surface area contributed by atoms with Gasteiger partial charge < -0.3 is 15.4 Å². The Morgan fingerprint density at radius 1 is 1.26 bits per heavy atom. The van der Waals surface area contributed by atoms with Crippen molar-refractivity contribution in [1.29, 1.82) is 0 Å². The second-order valence-corrected chi connectivity index (χ2v) is 5.47. The van der Waals surface area contributed by atoms with Gasteiger partial charge in [0.15, 0.2) is 0 Å². The van der Waals surface area contributed by atoms with Gasteiger partial charge >= 0.3 is 0 Å². The van der Waals surface area contributed by atoms with Crippen LogP contribution in [0.4, 0.5) is 0 Å². The fourth-order valence-corrected chi connectivity index (χ4v) is 2.04. The number of nitrogens with zero attached hydrogens (tertiary/aromatic N) is 1. The van der Waals surface area contributed by atoms with Crippen molar-refractivity contribution >= 4 is 17.2 Å². The maximum atomic E-state index is 5.57. The van der Waals surface area contributed by atoms with Crippen molar-refractivity contribution in [3.05, 3.63) is 29.8 Å². The van der Waals surface area contributed by atoms with Gasteiger partial charge in [0.25, 0.3) is 0 Å². The highest BCUT2D eigenvalue weighted by Gasteiger charge is 2.09. The number of rotatable bonds is 8. The molecule has 0 unspecified atom stereocenters. The second-order valence-electron chi connectivity index (χ2n) is 4.94. The van der Waals surface area contributed by atoms with Crippen LogP contribution in [0.1, 0.15) is 25.8 Å². The fraction of sp³-hybridized carbons (Fsp3) is 0.533. The van der Waals surface area contributed by atoms with E-state index in [0.717, 1.165) is 31.7 Å². The van der Waals surface area contributed by atoms with Gasteiger partial charge in [0.1, 0.15) is 5.75 Å². The van der Waals surface area contributed by atoms with E-state index >= 15 is 0 Å². The number of hydrogen-bond acceptors (Lipinski definition) is 3. The Bertz CT molecular complexity index is 390. The number of benzene rings is 1. The summed E-state index contributed by atoms with van der Waals surface area (Å²) >= 11 is 4.94. The smallest absolute Gasteiger partial charge is 0.118 e. The topological polar surface area (TPSA) is 38.5 Å². The van der Waals surface area contributed by atoms with Gasteiger partial charge in [-0.3, -0.25) is 0 Å². The summed E-state index contributed by atoms with van der Waals surface area (Å²) in [7, 11) is 1.69. The van der Waals surface area contributed by atoms with Crippen LogP contribution < -0.4 is 10.5 Å². The van der Waals surface area contributed by atoms with Gasteiger partial charge in [0.05, 0.1) is 12.1 Å². The van der Waals surface area contributed by atoms with E-state index in [4.69, 9.17) is 22.7 Å². The van der Waals surface area contributed by atoms with Crippen LogP contribution in [-0.2, 0) is 6.42 Å². The lowest BCUT2D eigenvalue weighted by atomic mass is 10.1. The van der Waals surface area contributed by atoms with Crippen LogP contribution >= 0.6 is 12.2 Å². The zero-order valence-electron chi connectivity index (χ0n) is 12.1. The standard InChI is InChI=1S/C15H24N2OS/c1-12(2)17(11-9-15(16)19)10-8-13-4-6-14(18-3)7-5-13/h4-7,12H,8-11H2,1-3H3,(H2,16,19). The Kier molecular flexibility index (Phi) is 6.81. The molecule has 0 atom stereocenters. The van der Waals surface area contributed by atoms with Gasteiger partial charge in [-0.15, -0.1) is 0 Å². The lowest BCUT2D eigenvalue weighted by Gasteiger charge is -2.26. The fourth-order valence-electron chi connectivity index (χ4n) is 1.95. The second kappa shape index (κ2) is 8.12. The maximum absolute atomic E-state index is 5.57. The molecule has 0 aliphatic rings. The summed E-state index contributed by atoms with van der Waals surface area (Å²) in [6, 6.07) is 8.75. The van der Waals surface area contributed by atoms with Crippen LogP contribution in [0, 0.1) is 0 Å². The zero-order valence-corrected chi connectivity index (χ0v) is 12.9. The molecule has 3 nitrogen and oxygen atoms in total. The summed E-state index contributed by atoms with van der Waals surface area (Å²) in [4.78, 5) is 3.00. The molecule has 0 aliphatic carbocycles. The molecule has 1 aromatic carbocycles. The van der Waals surface area contributed by atoms with E-state index < -0.39 is 0 Å². The zero-order chi connectivity index (χ0) is 14.3. The monoisotopic (exact) mass is 280 g/mol. The quantitative estimate of drug-likeness (QED) is 0.743. The summed E-state index contributed by atoms with van der Waals surface area (Å²) in [5.41, 5.74) is 6.89. The molecule has 1 aromatic rings. The van der Waals surface area contributed by atoms with Crippen molar-refractivity contribution in [1.82, 2.24) is 4.90 Å². The first-order valence-electron chi connectivity index (χ1n) is 6.68. The Hall–Kier alpha value is -1.13. The molecule has 0 saturated carbocycles.